The Bertz CT molecular complexity index is 817. The van der Waals surface area contributed by atoms with E-state index in [0.717, 1.165) is 48.7 Å². The summed E-state index contributed by atoms with van der Waals surface area (Å²) in [5.74, 6) is 0.527. The number of rotatable bonds is 5. The highest BCUT2D eigenvalue weighted by molar-refractivity contribution is 6.33. The van der Waals surface area contributed by atoms with Gasteiger partial charge in [0.15, 0.2) is 6.61 Å². The van der Waals surface area contributed by atoms with Crippen molar-refractivity contribution in [1.82, 2.24) is 0 Å². The normalized spacial score (nSPS) is 14.9. The van der Waals surface area contributed by atoms with E-state index in [1.165, 1.54) is 4.90 Å². The second kappa shape index (κ2) is 8.63. The van der Waals surface area contributed by atoms with Crippen LogP contribution in [0.1, 0.15) is 11.1 Å². The van der Waals surface area contributed by atoms with Gasteiger partial charge in [-0.1, -0.05) is 23.7 Å². The number of anilines is 2. The van der Waals surface area contributed by atoms with Gasteiger partial charge >= 0.3 is 0 Å². The Labute approximate surface area is 165 Å². The highest BCUT2D eigenvalue weighted by Crippen LogP contribution is 2.29. The minimum absolute atomic E-state index is 0.0368. The van der Waals surface area contributed by atoms with Crippen molar-refractivity contribution in [2.45, 2.75) is 13.8 Å². The van der Waals surface area contributed by atoms with Crippen LogP contribution < -0.4 is 19.9 Å². The van der Waals surface area contributed by atoms with Gasteiger partial charge in [-0.2, -0.15) is 0 Å². The molecule has 0 saturated carbocycles. The molecule has 0 aromatic heterocycles. The van der Waals surface area contributed by atoms with E-state index >= 15 is 0 Å². The first kappa shape index (κ1) is 19.5. The lowest BCUT2D eigenvalue weighted by Crippen LogP contribution is -3.12. The van der Waals surface area contributed by atoms with Crippen molar-refractivity contribution in [1.29, 1.82) is 0 Å². The lowest BCUT2D eigenvalue weighted by atomic mass is 10.1. The largest absolute Gasteiger partial charge is 0.483 e. The summed E-state index contributed by atoms with van der Waals surface area (Å²) in [4.78, 5) is 16.1. The zero-order chi connectivity index (χ0) is 19.4. The molecule has 1 saturated heterocycles. The number of hydrogen-bond donors (Lipinski definition) is 2. The fourth-order valence-electron chi connectivity index (χ4n) is 3.19. The molecular weight excluding hydrogens is 362 g/mol. The van der Waals surface area contributed by atoms with Gasteiger partial charge in [0, 0.05) is 5.69 Å². The summed E-state index contributed by atoms with van der Waals surface area (Å²) in [5, 5.41) is 3.51. The van der Waals surface area contributed by atoms with Crippen molar-refractivity contribution in [3.63, 3.8) is 0 Å². The van der Waals surface area contributed by atoms with Crippen molar-refractivity contribution >= 4 is 28.9 Å². The summed E-state index contributed by atoms with van der Waals surface area (Å²) >= 11 is 6.46. The van der Waals surface area contributed by atoms with Crippen LogP contribution in [0.4, 0.5) is 11.4 Å². The third kappa shape index (κ3) is 4.93. The number of piperazine rings is 1. The molecular formula is C21H27ClN3O2+. The zero-order valence-corrected chi connectivity index (χ0v) is 16.9. The molecule has 144 valence electrons. The van der Waals surface area contributed by atoms with Crippen molar-refractivity contribution in [2.24, 2.45) is 0 Å². The van der Waals surface area contributed by atoms with Gasteiger partial charge in [0.25, 0.3) is 5.91 Å². The van der Waals surface area contributed by atoms with Crippen LogP contribution in [-0.4, -0.2) is 45.7 Å². The number of amides is 1. The third-order valence-corrected chi connectivity index (χ3v) is 5.41. The van der Waals surface area contributed by atoms with Crippen molar-refractivity contribution in [3.05, 3.63) is 52.5 Å². The lowest BCUT2D eigenvalue weighted by molar-refractivity contribution is -0.880. The monoisotopic (exact) mass is 388 g/mol. The Morgan fingerprint density at radius 2 is 1.96 bits per heavy atom. The molecule has 0 bridgehead atoms. The van der Waals surface area contributed by atoms with Crippen LogP contribution in [-0.2, 0) is 4.79 Å². The molecule has 0 atom stereocenters. The first-order chi connectivity index (χ1) is 12.9. The zero-order valence-electron chi connectivity index (χ0n) is 16.1. The fourth-order valence-corrected chi connectivity index (χ4v) is 3.49. The molecule has 1 fully saturated rings. The van der Waals surface area contributed by atoms with E-state index in [1.54, 1.807) is 6.07 Å². The number of ether oxygens (including phenoxy) is 1. The minimum atomic E-state index is -0.206. The summed E-state index contributed by atoms with van der Waals surface area (Å²) in [5.41, 5.74) is 3.89. The standard InChI is InChI=1S/C21H26ClN3O2/c1-15-5-4-6-20(16(15)2)27-14-21(26)23-17-7-8-19(18(22)13-17)25-11-9-24(3)10-12-25/h4-8,13H,9-12,14H2,1-3H3,(H,23,26)/p+1. The highest BCUT2D eigenvalue weighted by Gasteiger charge is 2.19. The topological polar surface area (TPSA) is 46.0 Å². The van der Waals surface area contributed by atoms with E-state index in [4.69, 9.17) is 16.3 Å². The summed E-state index contributed by atoms with van der Waals surface area (Å²) in [6, 6.07) is 11.5. The number of nitrogens with one attached hydrogen (secondary N) is 2. The number of halogens is 1. The average molecular weight is 389 g/mol. The van der Waals surface area contributed by atoms with E-state index < -0.39 is 0 Å². The van der Waals surface area contributed by atoms with Crippen molar-refractivity contribution < 1.29 is 14.4 Å². The van der Waals surface area contributed by atoms with E-state index in [9.17, 15) is 4.79 Å². The van der Waals surface area contributed by atoms with Crippen molar-refractivity contribution in [2.75, 3.05) is 50.1 Å². The average Bonchev–Trinajstić information content (AvgIpc) is 2.64. The molecule has 1 aliphatic rings. The first-order valence-corrected chi connectivity index (χ1v) is 9.66. The molecule has 2 aromatic carbocycles. The Balaban J connectivity index is 1.58. The molecule has 2 aromatic rings. The maximum absolute atomic E-state index is 12.2. The van der Waals surface area contributed by atoms with Gasteiger partial charge in [-0.3, -0.25) is 4.79 Å². The van der Waals surface area contributed by atoms with Crippen LogP contribution in [0, 0.1) is 13.8 Å². The van der Waals surface area contributed by atoms with Crippen LogP contribution in [0.5, 0.6) is 5.75 Å². The van der Waals surface area contributed by atoms with Crippen molar-refractivity contribution in [3.8, 4) is 5.75 Å². The summed E-state index contributed by atoms with van der Waals surface area (Å²) in [7, 11) is 2.21. The molecule has 6 heteroatoms. The second-order valence-corrected chi connectivity index (χ2v) is 7.55. The maximum atomic E-state index is 12.2. The molecule has 0 spiro atoms. The Morgan fingerprint density at radius 3 is 2.67 bits per heavy atom. The molecule has 5 nitrogen and oxygen atoms in total. The van der Waals surface area contributed by atoms with Gasteiger partial charge in [0.1, 0.15) is 5.75 Å². The van der Waals surface area contributed by atoms with E-state index in [-0.39, 0.29) is 12.5 Å². The van der Waals surface area contributed by atoms with Gasteiger partial charge in [-0.25, -0.2) is 0 Å². The number of hydrogen-bond acceptors (Lipinski definition) is 3. The predicted molar refractivity (Wildman–Crippen MR) is 110 cm³/mol. The van der Waals surface area contributed by atoms with E-state index in [1.807, 2.05) is 44.2 Å². The van der Waals surface area contributed by atoms with Crippen LogP contribution in [0.15, 0.2) is 36.4 Å². The summed E-state index contributed by atoms with van der Waals surface area (Å²) in [6.07, 6.45) is 0. The van der Waals surface area contributed by atoms with Gasteiger partial charge < -0.3 is 19.9 Å². The molecule has 0 aliphatic carbocycles. The van der Waals surface area contributed by atoms with Gasteiger partial charge in [-0.05, 0) is 49.2 Å². The SMILES string of the molecule is Cc1cccc(OCC(=O)Nc2ccc(N3CC[NH+](C)CC3)c(Cl)c2)c1C. The number of likely N-dealkylation sites (N-methyl/N-ethyl adjacent to an activating group) is 1. The van der Waals surface area contributed by atoms with E-state index in [2.05, 4.69) is 17.3 Å². The smallest absolute Gasteiger partial charge is 0.262 e. The van der Waals surface area contributed by atoms with Gasteiger partial charge in [-0.15, -0.1) is 0 Å². The van der Waals surface area contributed by atoms with Crippen LogP contribution in [0.3, 0.4) is 0 Å². The second-order valence-electron chi connectivity index (χ2n) is 7.15. The molecule has 2 N–H and O–H groups in total. The van der Waals surface area contributed by atoms with E-state index in [0.29, 0.717) is 10.7 Å². The van der Waals surface area contributed by atoms with Crippen LogP contribution in [0.2, 0.25) is 5.02 Å². The number of carbonyl (C=O) groups is 1. The third-order valence-electron chi connectivity index (χ3n) is 5.10. The Hall–Kier alpha value is -2.24. The highest BCUT2D eigenvalue weighted by atomic mass is 35.5. The summed E-state index contributed by atoms with van der Waals surface area (Å²) < 4.78 is 5.66. The fraction of sp³-hybridized carbons (Fsp3) is 0.381. The number of quaternary nitrogens is 1. The quantitative estimate of drug-likeness (QED) is 0.826. The predicted octanol–water partition coefficient (Wildman–Crippen LogP) is 2.31. The number of aryl methyl sites for hydroxylation is 1. The Kier molecular flexibility index (Phi) is 6.24. The van der Waals surface area contributed by atoms with Crippen LogP contribution >= 0.6 is 11.6 Å². The molecule has 0 radical (unpaired) electrons. The Morgan fingerprint density at radius 1 is 1.22 bits per heavy atom. The number of benzene rings is 2. The molecule has 0 unspecified atom stereocenters. The van der Waals surface area contributed by atoms with Gasteiger partial charge in [0.2, 0.25) is 0 Å². The molecule has 1 amide bonds. The molecule has 1 heterocycles. The minimum Gasteiger partial charge on any atom is -0.483 e. The van der Waals surface area contributed by atoms with Crippen LogP contribution in [0.25, 0.3) is 0 Å². The molecule has 3 rings (SSSR count). The lowest BCUT2D eigenvalue weighted by Gasteiger charge is -2.32. The molecule has 27 heavy (non-hydrogen) atoms. The summed E-state index contributed by atoms with van der Waals surface area (Å²) in [6.45, 7) is 8.15. The van der Waals surface area contributed by atoms with Gasteiger partial charge in [0.05, 0.1) is 43.9 Å². The molecule has 1 aliphatic heterocycles. The number of carbonyl (C=O) groups excluding carboxylic acids is 1. The maximum Gasteiger partial charge on any atom is 0.262 e. The number of nitrogens with zero attached hydrogens (tertiary/aromatic N) is 1. The first-order valence-electron chi connectivity index (χ1n) is 9.28.